The highest BCUT2D eigenvalue weighted by molar-refractivity contribution is 5.92. The van der Waals surface area contributed by atoms with Crippen LogP contribution in [-0.2, 0) is 4.79 Å². The molecule has 1 saturated heterocycles. The number of rotatable bonds is 4. The summed E-state index contributed by atoms with van der Waals surface area (Å²) < 4.78 is 0. The van der Waals surface area contributed by atoms with Crippen molar-refractivity contribution >= 4 is 5.91 Å². The predicted octanol–water partition coefficient (Wildman–Crippen LogP) is -2.27. The van der Waals surface area contributed by atoms with Crippen LogP contribution in [0.3, 0.4) is 0 Å². The standard InChI is InChI=1S/C10H18N2O4/c1-5(2)10(16)11-3-6-8(14)9(15)7(4-13)12-6/h6-9,12-15H,1,3-4H2,2H3,(H,11,16)/t6-,7-,8-,9-/m1/s1. The smallest absolute Gasteiger partial charge is 0.246 e. The fraction of sp³-hybridized carbons (Fsp3) is 0.700. The molecule has 16 heavy (non-hydrogen) atoms. The molecule has 0 aromatic heterocycles. The van der Waals surface area contributed by atoms with Crippen molar-refractivity contribution in [2.24, 2.45) is 0 Å². The van der Waals surface area contributed by atoms with Crippen LogP contribution in [-0.4, -0.2) is 58.7 Å². The number of amides is 1. The molecule has 0 saturated carbocycles. The van der Waals surface area contributed by atoms with E-state index < -0.39 is 24.3 Å². The van der Waals surface area contributed by atoms with Gasteiger partial charge < -0.3 is 26.0 Å². The van der Waals surface area contributed by atoms with Gasteiger partial charge in [-0.15, -0.1) is 0 Å². The monoisotopic (exact) mass is 230 g/mol. The molecule has 5 N–H and O–H groups in total. The molecule has 0 spiro atoms. The Hall–Kier alpha value is -0.950. The lowest BCUT2D eigenvalue weighted by atomic mass is 10.1. The Morgan fingerprint density at radius 2 is 1.94 bits per heavy atom. The molecule has 0 unspecified atom stereocenters. The first-order valence-electron chi connectivity index (χ1n) is 5.14. The largest absolute Gasteiger partial charge is 0.395 e. The molecule has 1 aliphatic rings. The van der Waals surface area contributed by atoms with E-state index in [1.165, 1.54) is 0 Å². The van der Waals surface area contributed by atoms with Gasteiger partial charge in [0.15, 0.2) is 0 Å². The van der Waals surface area contributed by atoms with Crippen LogP contribution in [0.2, 0.25) is 0 Å². The van der Waals surface area contributed by atoms with E-state index in [-0.39, 0.29) is 19.1 Å². The molecule has 1 fully saturated rings. The number of carbonyl (C=O) groups excluding carboxylic acids is 1. The average molecular weight is 230 g/mol. The van der Waals surface area contributed by atoms with E-state index in [1.54, 1.807) is 6.92 Å². The van der Waals surface area contributed by atoms with Gasteiger partial charge in [0.2, 0.25) is 5.91 Å². The molecule has 4 atom stereocenters. The lowest BCUT2D eigenvalue weighted by Crippen LogP contribution is -2.44. The Labute approximate surface area is 94.0 Å². The first-order chi connectivity index (χ1) is 7.47. The topological polar surface area (TPSA) is 102 Å². The van der Waals surface area contributed by atoms with Crippen LogP contribution in [0.15, 0.2) is 12.2 Å². The third-order valence-corrected chi connectivity index (χ3v) is 2.67. The molecule has 6 heteroatoms. The van der Waals surface area contributed by atoms with Crippen molar-refractivity contribution < 1.29 is 20.1 Å². The summed E-state index contributed by atoms with van der Waals surface area (Å²) in [4.78, 5) is 11.2. The van der Waals surface area contributed by atoms with Crippen molar-refractivity contribution in [1.29, 1.82) is 0 Å². The van der Waals surface area contributed by atoms with E-state index in [0.717, 1.165) is 0 Å². The number of carbonyl (C=O) groups is 1. The lowest BCUT2D eigenvalue weighted by Gasteiger charge is -2.16. The Morgan fingerprint density at radius 3 is 2.38 bits per heavy atom. The highest BCUT2D eigenvalue weighted by atomic mass is 16.3. The molecule has 1 amide bonds. The first kappa shape index (κ1) is 13.1. The molecule has 0 radical (unpaired) electrons. The quantitative estimate of drug-likeness (QED) is 0.351. The van der Waals surface area contributed by atoms with Crippen LogP contribution >= 0.6 is 0 Å². The van der Waals surface area contributed by atoms with Gasteiger partial charge in [0, 0.05) is 12.1 Å². The minimum absolute atomic E-state index is 0.181. The van der Waals surface area contributed by atoms with Gasteiger partial charge in [-0.25, -0.2) is 0 Å². The van der Waals surface area contributed by atoms with Gasteiger partial charge in [0.05, 0.1) is 30.9 Å². The van der Waals surface area contributed by atoms with Crippen LogP contribution in [0.25, 0.3) is 0 Å². The van der Waals surface area contributed by atoms with Crippen LogP contribution in [0.5, 0.6) is 0 Å². The summed E-state index contributed by atoms with van der Waals surface area (Å²) in [5.41, 5.74) is 0.381. The van der Waals surface area contributed by atoms with Gasteiger partial charge in [-0.1, -0.05) is 6.58 Å². The van der Waals surface area contributed by atoms with Crippen molar-refractivity contribution in [3.05, 3.63) is 12.2 Å². The minimum atomic E-state index is -1.02. The first-order valence-corrected chi connectivity index (χ1v) is 5.14. The Balaban J connectivity index is 2.44. The number of hydrogen-bond acceptors (Lipinski definition) is 5. The number of aliphatic hydroxyl groups is 3. The van der Waals surface area contributed by atoms with Crippen LogP contribution in [0.1, 0.15) is 6.92 Å². The zero-order valence-corrected chi connectivity index (χ0v) is 9.18. The summed E-state index contributed by atoms with van der Waals surface area (Å²) in [5.74, 6) is -0.295. The van der Waals surface area contributed by atoms with Crippen molar-refractivity contribution in [3.63, 3.8) is 0 Å². The molecule has 0 aromatic rings. The zero-order chi connectivity index (χ0) is 12.3. The molecule has 92 valence electrons. The summed E-state index contributed by atoms with van der Waals surface area (Å²) >= 11 is 0. The fourth-order valence-electron chi connectivity index (χ4n) is 1.64. The second-order valence-electron chi connectivity index (χ2n) is 4.03. The highest BCUT2D eigenvalue weighted by Crippen LogP contribution is 2.13. The minimum Gasteiger partial charge on any atom is -0.395 e. The summed E-state index contributed by atoms with van der Waals surface area (Å²) in [6.45, 7) is 4.98. The fourth-order valence-corrected chi connectivity index (χ4v) is 1.64. The molecule has 1 rings (SSSR count). The maximum absolute atomic E-state index is 11.2. The molecule has 0 bridgehead atoms. The maximum Gasteiger partial charge on any atom is 0.246 e. The van der Waals surface area contributed by atoms with Gasteiger partial charge in [0.25, 0.3) is 0 Å². The predicted molar refractivity (Wildman–Crippen MR) is 57.6 cm³/mol. The summed E-state index contributed by atoms with van der Waals surface area (Å²) in [7, 11) is 0. The molecule has 0 aliphatic carbocycles. The molecule has 6 nitrogen and oxygen atoms in total. The van der Waals surface area contributed by atoms with E-state index in [9.17, 15) is 15.0 Å². The lowest BCUT2D eigenvalue weighted by molar-refractivity contribution is -0.117. The normalized spacial score (nSPS) is 33.8. The number of nitrogens with one attached hydrogen (secondary N) is 2. The molecule has 1 heterocycles. The van der Waals surface area contributed by atoms with Crippen molar-refractivity contribution in [3.8, 4) is 0 Å². The summed E-state index contributed by atoms with van der Waals surface area (Å²) in [6.07, 6.45) is -2.01. The Morgan fingerprint density at radius 1 is 1.38 bits per heavy atom. The van der Waals surface area contributed by atoms with E-state index in [2.05, 4.69) is 17.2 Å². The SMILES string of the molecule is C=C(C)C(=O)NC[C@H]1N[C@H](CO)[C@@H](O)[C@@H]1O. The van der Waals surface area contributed by atoms with Crippen molar-refractivity contribution in [2.75, 3.05) is 13.2 Å². The molecule has 0 aromatic carbocycles. The van der Waals surface area contributed by atoms with Crippen molar-refractivity contribution in [2.45, 2.75) is 31.2 Å². The van der Waals surface area contributed by atoms with E-state index >= 15 is 0 Å². The van der Waals surface area contributed by atoms with E-state index in [1.807, 2.05) is 0 Å². The van der Waals surface area contributed by atoms with Gasteiger partial charge >= 0.3 is 0 Å². The summed E-state index contributed by atoms with van der Waals surface area (Å²) in [5, 5.41) is 33.4. The third-order valence-electron chi connectivity index (χ3n) is 2.67. The highest BCUT2D eigenvalue weighted by Gasteiger charge is 2.40. The third kappa shape index (κ3) is 2.79. The zero-order valence-electron chi connectivity index (χ0n) is 9.18. The van der Waals surface area contributed by atoms with Crippen LogP contribution in [0.4, 0.5) is 0 Å². The average Bonchev–Trinajstić information content (AvgIpc) is 2.52. The Kier molecular flexibility index (Phi) is 4.43. The number of aliphatic hydroxyl groups excluding tert-OH is 3. The number of hydrogen-bond donors (Lipinski definition) is 5. The van der Waals surface area contributed by atoms with Crippen LogP contribution in [0, 0.1) is 0 Å². The van der Waals surface area contributed by atoms with E-state index in [0.29, 0.717) is 5.57 Å². The maximum atomic E-state index is 11.2. The van der Waals surface area contributed by atoms with E-state index in [4.69, 9.17) is 5.11 Å². The van der Waals surface area contributed by atoms with Crippen molar-refractivity contribution in [1.82, 2.24) is 10.6 Å². The van der Waals surface area contributed by atoms with Crippen LogP contribution < -0.4 is 10.6 Å². The molecule has 1 aliphatic heterocycles. The molecular weight excluding hydrogens is 212 g/mol. The Bertz CT molecular complexity index is 282. The van der Waals surface area contributed by atoms with Gasteiger partial charge in [0.1, 0.15) is 0 Å². The second kappa shape index (κ2) is 5.40. The summed E-state index contributed by atoms with van der Waals surface area (Å²) in [6, 6.07) is -1.02. The second-order valence-corrected chi connectivity index (χ2v) is 4.03. The van der Waals surface area contributed by atoms with Gasteiger partial charge in [-0.05, 0) is 6.92 Å². The van der Waals surface area contributed by atoms with Gasteiger partial charge in [-0.2, -0.15) is 0 Å². The molecular formula is C10H18N2O4. The van der Waals surface area contributed by atoms with Gasteiger partial charge in [-0.3, -0.25) is 4.79 Å².